The van der Waals surface area contributed by atoms with Crippen LogP contribution in [0.1, 0.15) is 248 Å². The summed E-state index contributed by atoms with van der Waals surface area (Å²) in [6.45, 7) is 53.9. The molecule has 2 aromatic carbocycles. The van der Waals surface area contributed by atoms with E-state index in [0.29, 0.717) is 133 Å². The SMILES string of the molecule is CC(C)CC1(CCc2ccccc2)CCN(C(=O)NC2CCN(C)CC2)CC1.CC(C)CCCc1ccc(OCP(C)(C)=O)cc1.CC(C)CCNS(C)(=O)=O.CC(C)CCOCCOCCNC(=O)c1nc(Cl)c(N)nc1N.CCC1(CO)CCC1.CCCOCCOCCC.CCCOCCOCCN.CCCOCCOCCNC(=O)OC(C)(C)C. The highest BCUT2D eigenvalue weighted by molar-refractivity contribution is 7.88. The van der Waals surface area contributed by atoms with Crippen LogP contribution in [-0.2, 0) is 70.1 Å². The largest absolute Gasteiger partial charge is 0.486 e. The molecule has 1 aromatic heterocycles. The lowest BCUT2D eigenvalue weighted by Gasteiger charge is -2.43. The van der Waals surface area contributed by atoms with Gasteiger partial charge in [0, 0.05) is 85.0 Å². The van der Waals surface area contributed by atoms with Gasteiger partial charge in [-0.1, -0.05) is 157 Å². The standard InChI is InChI=1S/C24H39N3O.C15H25O2P.C14H24ClN5O3.C12H25NO4.C8H18O2.C7H17NO2.C7H14O.C6H15NO2S/c1-20(2)19-24(12-9-21-7-5-4-6-8-21)13-17-27(18-14-24)23(28)25-22-10-15-26(3)16-11-22;1-13(2)6-5-7-14-8-10-15(11-9-14)17-12-18(3,4)16;1-9(2)3-5-22-7-8-23-6-4-18-14(21)10-12(16)20-13(17)11(15)19-10;1-5-7-15-9-10-16-8-6-13-11(14)17-12(2,3)4;1-3-5-9-7-8-10-6-4-2;1-2-4-9-6-7-10-5-3-8;1-2-7(6-8)4-3-5-7;1-6(2)4-5-7-10(3,8)9/h4-8,20,22H,9-19H2,1-3H3,(H,25,28);8-11,13H,5-7,12H2,1-4H3;9H,3-8H2,1-2H3,(H,18,21)(H4,16,17,20);5-10H2,1-4H3,(H,13,14);3-8H2,1-2H3;2-8H2,1H3;8H,2-6H2,1H3;6-7H,4-5H2,1-3H3. The van der Waals surface area contributed by atoms with Gasteiger partial charge >= 0.3 is 12.1 Å². The van der Waals surface area contributed by atoms with Gasteiger partial charge in [0.05, 0.1) is 78.9 Å². The predicted octanol–water partition coefficient (Wildman–Crippen LogP) is 16.6. The van der Waals surface area contributed by atoms with Crippen molar-refractivity contribution in [2.24, 2.45) is 40.2 Å². The van der Waals surface area contributed by atoms with Gasteiger partial charge in [0.1, 0.15) is 24.8 Å². The van der Waals surface area contributed by atoms with Crippen molar-refractivity contribution in [1.82, 2.24) is 40.4 Å². The molecule has 1 aliphatic carbocycles. The zero-order valence-corrected chi connectivity index (χ0v) is 83.3. The number of nitrogen functional groups attached to an aromatic ring is 2. The Morgan fingerprint density at radius 2 is 1.07 bits per heavy atom. The lowest BCUT2D eigenvalue weighted by Crippen LogP contribution is -2.52. The van der Waals surface area contributed by atoms with Gasteiger partial charge in [-0.25, -0.2) is 32.7 Å². The van der Waals surface area contributed by atoms with E-state index in [-0.39, 0.29) is 28.5 Å². The summed E-state index contributed by atoms with van der Waals surface area (Å²) in [6.07, 6.45) is 24.0. The molecular weight excluding hydrogens is 1640 g/mol. The number of amides is 4. The maximum atomic E-state index is 12.8. The number of hydrogen-bond acceptors (Lipinski definition) is 23. The van der Waals surface area contributed by atoms with E-state index < -0.39 is 34.8 Å². The number of alkyl carbamates (subject to hydrolysis) is 1. The quantitative estimate of drug-likeness (QED) is 0.0192. The average Bonchev–Trinajstić information content (AvgIpc) is 0.829. The van der Waals surface area contributed by atoms with Crippen molar-refractivity contribution in [3.05, 3.63) is 76.6 Å². The lowest BCUT2D eigenvalue weighted by molar-refractivity contribution is 0.0399. The first-order valence-electron chi connectivity index (χ1n) is 46.0. The first-order valence-corrected chi connectivity index (χ1v) is 51.1. The zero-order chi connectivity index (χ0) is 93.5. The minimum absolute atomic E-state index is 0.0125. The molecule has 11 N–H and O–H groups in total. The Bertz CT molecular complexity index is 3170. The molecule has 1 saturated carbocycles. The van der Waals surface area contributed by atoms with Gasteiger partial charge in [0.25, 0.3) is 5.91 Å². The van der Waals surface area contributed by atoms with Gasteiger partial charge in [-0.2, -0.15) is 0 Å². The number of rotatable bonds is 51. The molecule has 28 nitrogen and oxygen atoms in total. The first kappa shape index (κ1) is 121. The Kier molecular flexibility index (Phi) is 72.9. The predicted molar refractivity (Wildman–Crippen MR) is 510 cm³/mol. The molecule has 4 amide bonds. The molecule has 2 aliphatic heterocycles. The van der Waals surface area contributed by atoms with Crippen LogP contribution in [0.15, 0.2) is 54.6 Å². The van der Waals surface area contributed by atoms with Gasteiger partial charge in [-0.15, -0.1) is 0 Å². The highest BCUT2D eigenvalue weighted by Gasteiger charge is 2.37. The average molecular weight is 1820 g/mol. The molecule has 6 rings (SSSR count). The number of halogens is 1. The number of hydrogen-bond donors (Lipinski definition) is 8. The number of benzene rings is 2. The van der Waals surface area contributed by atoms with Crippen LogP contribution in [0, 0.1) is 34.5 Å². The van der Waals surface area contributed by atoms with E-state index in [1.54, 1.807) is 13.3 Å². The summed E-state index contributed by atoms with van der Waals surface area (Å²) >= 11 is 5.72. The summed E-state index contributed by atoms with van der Waals surface area (Å²) in [5, 5.41) is 17.3. The van der Waals surface area contributed by atoms with Gasteiger partial charge in [0.2, 0.25) is 10.0 Å². The molecule has 124 heavy (non-hydrogen) atoms. The molecule has 3 fully saturated rings. The van der Waals surface area contributed by atoms with Gasteiger partial charge in [0.15, 0.2) is 22.5 Å². The monoisotopic (exact) mass is 1820 g/mol. The van der Waals surface area contributed by atoms with E-state index in [0.717, 1.165) is 168 Å². The van der Waals surface area contributed by atoms with Crippen molar-refractivity contribution in [2.45, 2.75) is 251 Å². The number of aliphatic hydroxyl groups excluding tert-OH is 1. The summed E-state index contributed by atoms with van der Waals surface area (Å²) < 4.78 is 87.4. The highest BCUT2D eigenvalue weighted by atomic mass is 35.5. The molecular formula is C93H177ClN11O17PS. The van der Waals surface area contributed by atoms with Crippen LogP contribution < -0.4 is 42.6 Å². The van der Waals surface area contributed by atoms with Gasteiger partial charge in [-0.05, 0) is 228 Å². The molecule has 0 unspecified atom stereocenters. The molecule has 3 heterocycles. The third-order valence-corrected chi connectivity index (χ3v) is 21.4. The fourth-order valence-corrected chi connectivity index (χ4v) is 13.4. The number of aryl methyl sites for hydroxylation is 2. The number of nitrogens with one attached hydrogen (secondary N) is 4. The van der Waals surface area contributed by atoms with Crippen molar-refractivity contribution < 1.29 is 79.8 Å². The third-order valence-electron chi connectivity index (χ3n) is 19.6. The number of ether oxygens (including phenoxy) is 10. The minimum Gasteiger partial charge on any atom is -0.486 e. The van der Waals surface area contributed by atoms with Crippen LogP contribution in [0.3, 0.4) is 0 Å². The van der Waals surface area contributed by atoms with E-state index in [1.807, 2.05) is 32.9 Å². The van der Waals surface area contributed by atoms with Gasteiger partial charge in [-0.3, -0.25) is 4.79 Å². The number of likely N-dealkylation sites (tertiary alicyclic amines) is 2. The fourth-order valence-electron chi connectivity index (χ4n) is 12.3. The number of aromatic nitrogens is 2. The molecule has 3 aliphatic rings. The molecule has 2 saturated heterocycles. The molecule has 724 valence electrons. The summed E-state index contributed by atoms with van der Waals surface area (Å²) in [7, 11) is -2.90. The second-order valence-corrected chi connectivity index (χ2v) is 40.9. The smallest absolute Gasteiger partial charge is 0.407 e. The van der Waals surface area contributed by atoms with E-state index >= 15 is 0 Å². The lowest BCUT2D eigenvalue weighted by atomic mass is 9.68. The topological polar surface area (TPSA) is 373 Å². The van der Waals surface area contributed by atoms with Crippen LogP contribution in [0.25, 0.3) is 0 Å². The molecule has 3 aromatic rings. The Labute approximate surface area is 757 Å². The summed E-state index contributed by atoms with van der Waals surface area (Å²) in [5.74, 6) is 2.91. The van der Waals surface area contributed by atoms with Crippen molar-refractivity contribution in [2.75, 3.05) is 209 Å². The maximum absolute atomic E-state index is 12.8. The Morgan fingerprint density at radius 1 is 0.597 bits per heavy atom. The number of carbonyl (C=O) groups is 3. The van der Waals surface area contributed by atoms with E-state index in [4.69, 9.17) is 81.3 Å². The van der Waals surface area contributed by atoms with Crippen molar-refractivity contribution in [3.8, 4) is 5.75 Å². The molecule has 0 bridgehead atoms. The van der Waals surface area contributed by atoms with E-state index in [2.05, 4.69) is 180 Å². The number of aliphatic hydroxyl groups is 1. The van der Waals surface area contributed by atoms with Crippen molar-refractivity contribution >= 4 is 58.4 Å². The fraction of sp³-hybridized carbons (Fsp3) is 0.796. The maximum Gasteiger partial charge on any atom is 0.407 e. The number of sulfonamides is 1. The van der Waals surface area contributed by atoms with Crippen molar-refractivity contribution in [3.63, 3.8) is 0 Å². The van der Waals surface area contributed by atoms with Gasteiger partial charge < -0.3 is 100.0 Å². The Balaban J connectivity index is 0. The first-order chi connectivity index (χ1) is 58.8. The summed E-state index contributed by atoms with van der Waals surface area (Å²) in [5.41, 5.74) is 19.3. The van der Waals surface area contributed by atoms with Crippen LogP contribution in [-0.4, -0.2) is 261 Å². The highest BCUT2D eigenvalue weighted by Crippen LogP contribution is 2.44. The second kappa shape index (κ2) is 74.7. The second-order valence-electron chi connectivity index (χ2n) is 35.3. The van der Waals surface area contributed by atoms with Crippen LogP contribution in [0.5, 0.6) is 5.75 Å². The van der Waals surface area contributed by atoms with Crippen molar-refractivity contribution in [1.29, 1.82) is 0 Å². The molecule has 0 atom stereocenters. The normalized spacial score (nSPS) is 14.3. The zero-order valence-electron chi connectivity index (χ0n) is 80.8. The molecule has 31 heteroatoms. The number of nitrogens with two attached hydrogens (primary N) is 3. The Hall–Kier alpha value is -5.08. The number of nitrogens with zero attached hydrogens (tertiary/aromatic N) is 4. The summed E-state index contributed by atoms with van der Waals surface area (Å²) in [6, 6.07) is 19.5. The molecule has 0 radical (unpaired) electrons. The van der Waals surface area contributed by atoms with E-state index in [9.17, 15) is 27.4 Å². The summed E-state index contributed by atoms with van der Waals surface area (Å²) in [4.78, 5) is 47.8. The number of urea groups is 1. The number of piperidine rings is 2. The van der Waals surface area contributed by atoms with E-state index in [1.165, 1.54) is 62.3 Å². The van der Waals surface area contributed by atoms with Crippen LogP contribution in [0.2, 0.25) is 5.15 Å². The Morgan fingerprint density at radius 3 is 1.49 bits per heavy atom. The third kappa shape index (κ3) is 71.8. The van der Waals surface area contributed by atoms with Crippen LogP contribution >= 0.6 is 18.7 Å². The number of carbonyl (C=O) groups excluding carboxylic acids is 3. The molecule has 0 spiro atoms. The minimum atomic E-state index is -2.97. The van der Waals surface area contributed by atoms with Crippen LogP contribution in [0.4, 0.5) is 21.2 Å². The number of anilines is 2.